The standard InChI is InChI=1S/C15H24N2/c1-3-17-10-9-15(11-13(17)2)16-12-14-7-5-4-6-8-14/h4-8,13,15-16H,3,9-12H2,1-2H3. The first-order valence-corrected chi connectivity index (χ1v) is 6.81. The van der Waals surface area contributed by atoms with Crippen molar-refractivity contribution in [1.29, 1.82) is 0 Å². The molecule has 0 aliphatic carbocycles. The van der Waals surface area contributed by atoms with Crippen molar-refractivity contribution < 1.29 is 0 Å². The summed E-state index contributed by atoms with van der Waals surface area (Å²) in [6, 6.07) is 12.1. The van der Waals surface area contributed by atoms with Gasteiger partial charge in [-0.05, 0) is 38.4 Å². The molecule has 0 bridgehead atoms. The van der Waals surface area contributed by atoms with Crippen molar-refractivity contribution >= 4 is 0 Å². The van der Waals surface area contributed by atoms with E-state index >= 15 is 0 Å². The largest absolute Gasteiger partial charge is 0.310 e. The molecule has 17 heavy (non-hydrogen) atoms. The Kier molecular flexibility index (Phi) is 4.57. The zero-order chi connectivity index (χ0) is 12.1. The second-order valence-electron chi connectivity index (χ2n) is 5.07. The Balaban J connectivity index is 1.78. The van der Waals surface area contributed by atoms with Crippen molar-refractivity contribution in [3.05, 3.63) is 35.9 Å². The van der Waals surface area contributed by atoms with Gasteiger partial charge in [0, 0.05) is 18.6 Å². The van der Waals surface area contributed by atoms with E-state index in [2.05, 4.69) is 54.4 Å². The molecule has 0 spiro atoms. The highest BCUT2D eigenvalue weighted by molar-refractivity contribution is 5.14. The molecule has 94 valence electrons. The molecule has 1 aliphatic heterocycles. The second-order valence-corrected chi connectivity index (χ2v) is 5.07. The molecule has 0 aromatic heterocycles. The van der Waals surface area contributed by atoms with E-state index in [1.165, 1.54) is 31.5 Å². The predicted molar refractivity (Wildman–Crippen MR) is 73.0 cm³/mol. The highest BCUT2D eigenvalue weighted by atomic mass is 15.2. The molecule has 2 unspecified atom stereocenters. The molecule has 1 aromatic carbocycles. The molecule has 2 atom stereocenters. The van der Waals surface area contributed by atoms with Gasteiger partial charge >= 0.3 is 0 Å². The van der Waals surface area contributed by atoms with Crippen LogP contribution >= 0.6 is 0 Å². The fourth-order valence-corrected chi connectivity index (χ4v) is 2.73. The Morgan fingerprint density at radius 3 is 2.71 bits per heavy atom. The van der Waals surface area contributed by atoms with E-state index < -0.39 is 0 Å². The summed E-state index contributed by atoms with van der Waals surface area (Å²) >= 11 is 0. The molecule has 0 saturated carbocycles. The van der Waals surface area contributed by atoms with E-state index in [1.807, 2.05) is 0 Å². The van der Waals surface area contributed by atoms with E-state index in [1.54, 1.807) is 0 Å². The van der Waals surface area contributed by atoms with Crippen LogP contribution in [0.2, 0.25) is 0 Å². The zero-order valence-electron chi connectivity index (χ0n) is 11.0. The number of piperidine rings is 1. The average Bonchev–Trinajstić information content (AvgIpc) is 2.38. The van der Waals surface area contributed by atoms with Gasteiger partial charge < -0.3 is 10.2 Å². The number of nitrogens with one attached hydrogen (secondary N) is 1. The summed E-state index contributed by atoms with van der Waals surface area (Å²) in [6.45, 7) is 8.04. The van der Waals surface area contributed by atoms with Crippen molar-refractivity contribution in [3.63, 3.8) is 0 Å². The summed E-state index contributed by atoms with van der Waals surface area (Å²) in [5.41, 5.74) is 1.39. The van der Waals surface area contributed by atoms with Crippen molar-refractivity contribution in [2.24, 2.45) is 0 Å². The summed E-state index contributed by atoms with van der Waals surface area (Å²) in [5, 5.41) is 3.69. The number of hydrogen-bond donors (Lipinski definition) is 1. The SMILES string of the molecule is CCN1CCC(NCc2ccccc2)CC1C. The van der Waals surface area contributed by atoms with Crippen molar-refractivity contribution in [2.45, 2.75) is 45.3 Å². The Hall–Kier alpha value is -0.860. The average molecular weight is 232 g/mol. The third-order valence-electron chi connectivity index (χ3n) is 3.86. The minimum Gasteiger partial charge on any atom is -0.310 e. The van der Waals surface area contributed by atoms with Crippen LogP contribution < -0.4 is 5.32 Å². The van der Waals surface area contributed by atoms with Gasteiger partial charge in [0.15, 0.2) is 0 Å². The number of likely N-dealkylation sites (tertiary alicyclic amines) is 1. The molecular formula is C15H24N2. The molecule has 1 fully saturated rings. The van der Waals surface area contributed by atoms with Gasteiger partial charge in [-0.1, -0.05) is 37.3 Å². The molecular weight excluding hydrogens is 208 g/mol. The van der Waals surface area contributed by atoms with E-state index in [0.717, 1.165) is 12.6 Å². The first kappa shape index (κ1) is 12.6. The molecule has 1 saturated heterocycles. The van der Waals surface area contributed by atoms with Crippen LogP contribution in [-0.2, 0) is 6.54 Å². The topological polar surface area (TPSA) is 15.3 Å². The minimum atomic E-state index is 0.688. The molecule has 1 heterocycles. The summed E-state index contributed by atoms with van der Waals surface area (Å²) in [5.74, 6) is 0. The lowest BCUT2D eigenvalue weighted by Gasteiger charge is -2.37. The molecule has 2 nitrogen and oxygen atoms in total. The highest BCUT2D eigenvalue weighted by Gasteiger charge is 2.23. The smallest absolute Gasteiger partial charge is 0.0208 e. The fraction of sp³-hybridized carbons (Fsp3) is 0.600. The van der Waals surface area contributed by atoms with Crippen LogP contribution in [-0.4, -0.2) is 30.1 Å². The monoisotopic (exact) mass is 232 g/mol. The van der Waals surface area contributed by atoms with Gasteiger partial charge in [-0.15, -0.1) is 0 Å². The molecule has 1 N–H and O–H groups in total. The summed E-state index contributed by atoms with van der Waals surface area (Å²) < 4.78 is 0. The Bertz CT molecular complexity index is 323. The maximum Gasteiger partial charge on any atom is 0.0208 e. The Morgan fingerprint density at radius 2 is 2.06 bits per heavy atom. The maximum atomic E-state index is 3.69. The summed E-state index contributed by atoms with van der Waals surface area (Å²) in [4.78, 5) is 2.57. The summed E-state index contributed by atoms with van der Waals surface area (Å²) in [7, 11) is 0. The predicted octanol–water partition coefficient (Wildman–Crippen LogP) is 2.65. The van der Waals surface area contributed by atoms with Crippen LogP contribution in [0.25, 0.3) is 0 Å². The molecule has 2 rings (SSSR count). The van der Waals surface area contributed by atoms with Gasteiger partial charge in [0.2, 0.25) is 0 Å². The number of benzene rings is 1. The van der Waals surface area contributed by atoms with Gasteiger partial charge in [0.1, 0.15) is 0 Å². The van der Waals surface area contributed by atoms with Crippen molar-refractivity contribution in [1.82, 2.24) is 10.2 Å². The van der Waals surface area contributed by atoms with Gasteiger partial charge in [0.25, 0.3) is 0 Å². The van der Waals surface area contributed by atoms with E-state index in [9.17, 15) is 0 Å². The number of nitrogens with zero attached hydrogens (tertiary/aromatic N) is 1. The quantitative estimate of drug-likeness (QED) is 0.858. The Morgan fingerprint density at radius 1 is 1.29 bits per heavy atom. The van der Waals surface area contributed by atoms with E-state index in [-0.39, 0.29) is 0 Å². The lowest BCUT2D eigenvalue weighted by molar-refractivity contribution is 0.142. The van der Waals surface area contributed by atoms with Gasteiger partial charge in [-0.2, -0.15) is 0 Å². The van der Waals surface area contributed by atoms with Gasteiger partial charge in [0.05, 0.1) is 0 Å². The van der Waals surface area contributed by atoms with Crippen molar-refractivity contribution in [3.8, 4) is 0 Å². The van der Waals surface area contributed by atoms with Crippen LogP contribution in [0, 0.1) is 0 Å². The lowest BCUT2D eigenvalue weighted by Crippen LogP contribution is -2.47. The van der Waals surface area contributed by atoms with Crippen molar-refractivity contribution in [2.75, 3.05) is 13.1 Å². The first-order chi connectivity index (χ1) is 8.29. The highest BCUT2D eigenvalue weighted by Crippen LogP contribution is 2.17. The molecule has 0 radical (unpaired) electrons. The van der Waals surface area contributed by atoms with E-state index in [0.29, 0.717) is 6.04 Å². The molecule has 2 heteroatoms. The number of hydrogen-bond acceptors (Lipinski definition) is 2. The van der Waals surface area contributed by atoms with Crippen LogP contribution in [0.15, 0.2) is 30.3 Å². The second kappa shape index (κ2) is 6.18. The van der Waals surface area contributed by atoms with E-state index in [4.69, 9.17) is 0 Å². The maximum absolute atomic E-state index is 3.69. The van der Waals surface area contributed by atoms with Crippen LogP contribution in [0.5, 0.6) is 0 Å². The van der Waals surface area contributed by atoms with Crippen LogP contribution in [0.1, 0.15) is 32.3 Å². The van der Waals surface area contributed by atoms with Crippen LogP contribution in [0.3, 0.4) is 0 Å². The minimum absolute atomic E-state index is 0.688. The molecule has 1 aromatic rings. The van der Waals surface area contributed by atoms with Gasteiger partial charge in [-0.25, -0.2) is 0 Å². The first-order valence-electron chi connectivity index (χ1n) is 6.81. The fourth-order valence-electron chi connectivity index (χ4n) is 2.73. The summed E-state index contributed by atoms with van der Waals surface area (Å²) in [6.07, 6.45) is 2.56. The Labute approximate surface area is 105 Å². The zero-order valence-corrected chi connectivity index (χ0v) is 11.0. The molecule has 0 amide bonds. The normalized spacial score (nSPS) is 26.0. The molecule has 1 aliphatic rings. The number of rotatable bonds is 4. The lowest BCUT2D eigenvalue weighted by atomic mass is 9.98. The van der Waals surface area contributed by atoms with Gasteiger partial charge in [-0.3, -0.25) is 0 Å². The van der Waals surface area contributed by atoms with Crippen LogP contribution in [0.4, 0.5) is 0 Å². The third-order valence-corrected chi connectivity index (χ3v) is 3.86. The third kappa shape index (κ3) is 3.55.